The summed E-state index contributed by atoms with van der Waals surface area (Å²) in [6, 6.07) is 2.06. The van der Waals surface area contributed by atoms with Crippen LogP contribution in [-0.2, 0) is 0 Å². The highest BCUT2D eigenvalue weighted by Crippen LogP contribution is 2.38. The summed E-state index contributed by atoms with van der Waals surface area (Å²) < 4.78 is 5.41. The molecule has 2 atom stereocenters. The molecule has 0 aromatic carbocycles. The highest BCUT2D eigenvalue weighted by molar-refractivity contribution is 5.33. The van der Waals surface area contributed by atoms with Gasteiger partial charge in [0.05, 0.1) is 0 Å². The van der Waals surface area contributed by atoms with E-state index in [0.29, 0.717) is 18.0 Å². The van der Waals surface area contributed by atoms with Crippen molar-refractivity contribution in [3.05, 3.63) is 5.82 Å². The van der Waals surface area contributed by atoms with Crippen LogP contribution in [0.1, 0.15) is 57.7 Å². The molecule has 2 aliphatic heterocycles. The molecule has 0 saturated carbocycles. The molecule has 2 aliphatic rings. The van der Waals surface area contributed by atoms with Crippen molar-refractivity contribution < 1.29 is 4.52 Å². The molecule has 1 aromatic rings. The summed E-state index contributed by atoms with van der Waals surface area (Å²) in [4.78, 5) is 6.90. The van der Waals surface area contributed by atoms with E-state index in [1.54, 1.807) is 0 Å². The van der Waals surface area contributed by atoms with Crippen molar-refractivity contribution >= 4 is 6.01 Å². The van der Waals surface area contributed by atoms with Crippen molar-refractivity contribution in [2.75, 3.05) is 4.90 Å². The highest BCUT2D eigenvalue weighted by Gasteiger charge is 2.39. The molecule has 2 saturated heterocycles. The summed E-state index contributed by atoms with van der Waals surface area (Å²) in [6.07, 6.45) is 6.52. The second-order valence-electron chi connectivity index (χ2n) is 5.31. The van der Waals surface area contributed by atoms with E-state index < -0.39 is 0 Å². The van der Waals surface area contributed by atoms with E-state index in [1.807, 2.05) is 0 Å². The van der Waals surface area contributed by atoms with Gasteiger partial charge in [0, 0.05) is 18.0 Å². The Balaban J connectivity index is 1.86. The average Bonchev–Trinajstić information content (AvgIpc) is 2.81. The Morgan fingerprint density at radius 3 is 2.44 bits per heavy atom. The van der Waals surface area contributed by atoms with E-state index in [0.717, 1.165) is 11.8 Å². The molecule has 0 spiro atoms. The van der Waals surface area contributed by atoms with E-state index in [4.69, 9.17) is 4.52 Å². The third-order valence-corrected chi connectivity index (χ3v) is 3.86. The van der Waals surface area contributed by atoms with Gasteiger partial charge in [-0.3, -0.25) is 0 Å². The zero-order chi connectivity index (χ0) is 11.1. The smallest absolute Gasteiger partial charge is 0.318 e. The van der Waals surface area contributed by atoms with Gasteiger partial charge in [-0.05, 0) is 32.1 Å². The van der Waals surface area contributed by atoms with Crippen molar-refractivity contribution in [3.63, 3.8) is 0 Å². The summed E-state index contributed by atoms with van der Waals surface area (Å²) in [7, 11) is 0. The van der Waals surface area contributed by atoms with Crippen molar-refractivity contribution in [1.82, 2.24) is 10.1 Å². The fourth-order valence-electron chi connectivity index (χ4n) is 3.00. The lowest BCUT2D eigenvalue weighted by Gasteiger charge is -2.32. The number of anilines is 1. The van der Waals surface area contributed by atoms with Gasteiger partial charge in [0.2, 0.25) is 0 Å². The van der Waals surface area contributed by atoms with Crippen LogP contribution in [0.15, 0.2) is 4.52 Å². The lowest BCUT2D eigenvalue weighted by Crippen LogP contribution is -2.39. The first-order chi connectivity index (χ1) is 7.75. The maximum absolute atomic E-state index is 5.41. The van der Waals surface area contributed by atoms with Crippen LogP contribution < -0.4 is 4.90 Å². The highest BCUT2D eigenvalue weighted by atomic mass is 16.5. The van der Waals surface area contributed by atoms with E-state index in [2.05, 4.69) is 28.9 Å². The van der Waals surface area contributed by atoms with E-state index in [1.165, 1.54) is 32.1 Å². The topological polar surface area (TPSA) is 42.2 Å². The van der Waals surface area contributed by atoms with Gasteiger partial charge in [-0.2, -0.15) is 4.98 Å². The molecular formula is C12H19N3O. The monoisotopic (exact) mass is 221 g/mol. The zero-order valence-corrected chi connectivity index (χ0v) is 10.0. The van der Waals surface area contributed by atoms with Gasteiger partial charge in [-0.15, -0.1) is 0 Å². The van der Waals surface area contributed by atoms with Crippen molar-refractivity contribution in [3.8, 4) is 0 Å². The third-order valence-electron chi connectivity index (χ3n) is 3.86. The molecule has 16 heavy (non-hydrogen) atoms. The predicted molar refractivity (Wildman–Crippen MR) is 61.5 cm³/mol. The molecule has 0 aliphatic carbocycles. The standard InChI is InChI=1S/C12H19N3O/c1-8(2)11-13-12(16-14-11)15-9-4-3-5-10(15)7-6-9/h8-10H,3-7H2,1-2H3. The molecule has 2 fully saturated rings. The molecule has 0 amide bonds. The lowest BCUT2D eigenvalue weighted by molar-refractivity contribution is 0.368. The van der Waals surface area contributed by atoms with E-state index in [-0.39, 0.29) is 0 Å². The van der Waals surface area contributed by atoms with Crippen LogP contribution in [0.3, 0.4) is 0 Å². The van der Waals surface area contributed by atoms with Crippen LogP contribution in [0.5, 0.6) is 0 Å². The Kier molecular flexibility index (Phi) is 2.37. The Bertz CT molecular complexity index is 358. The quantitative estimate of drug-likeness (QED) is 0.770. The molecular weight excluding hydrogens is 202 g/mol. The van der Waals surface area contributed by atoms with Gasteiger partial charge >= 0.3 is 6.01 Å². The number of nitrogens with zero attached hydrogens (tertiary/aromatic N) is 3. The van der Waals surface area contributed by atoms with Crippen LogP contribution >= 0.6 is 0 Å². The maximum atomic E-state index is 5.41. The zero-order valence-electron chi connectivity index (χ0n) is 10.0. The fraction of sp³-hybridized carbons (Fsp3) is 0.833. The molecule has 2 unspecified atom stereocenters. The first kappa shape index (κ1) is 10.1. The summed E-state index contributed by atoms with van der Waals surface area (Å²) in [5.41, 5.74) is 0. The predicted octanol–water partition coefficient (Wildman–Crippen LogP) is 2.71. The second-order valence-corrected chi connectivity index (χ2v) is 5.31. The van der Waals surface area contributed by atoms with Gasteiger partial charge in [0.1, 0.15) is 0 Å². The molecule has 3 rings (SSSR count). The van der Waals surface area contributed by atoms with Crippen LogP contribution in [0, 0.1) is 0 Å². The van der Waals surface area contributed by atoms with Crippen LogP contribution in [-0.4, -0.2) is 22.2 Å². The minimum atomic E-state index is 0.347. The molecule has 0 radical (unpaired) electrons. The van der Waals surface area contributed by atoms with Crippen molar-refractivity contribution in [2.24, 2.45) is 0 Å². The van der Waals surface area contributed by atoms with E-state index in [9.17, 15) is 0 Å². The molecule has 4 nitrogen and oxygen atoms in total. The summed E-state index contributed by atoms with van der Waals surface area (Å²) in [5.74, 6) is 1.18. The number of piperidine rings is 1. The largest absolute Gasteiger partial charge is 0.324 e. The Morgan fingerprint density at radius 2 is 1.88 bits per heavy atom. The lowest BCUT2D eigenvalue weighted by atomic mass is 10.0. The Labute approximate surface area is 96.0 Å². The van der Waals surface area contributed by atoms with Crippen LogP contribution in [0.4, 0.5) is 6.01 Å². The first-order valence-corrected chi connectivity index (χ1v) is 6.37. The minimum absolute atomic E-state index is 0.347. The van der Waals surface area contributed by atoms with Crippen LogP contribution in [0.25, 0.3) is 0 Å². The van der Waals surface area contributed by atoms with E-state index >= 15 is 0 Å². The minimum Gasteiger partial charge on any atom is -0.318 e. The molecule has 4 heteroatoms. The molecule has 1 aromatic heterocycles. The van der Waals surface area contributed by atoms with Gasteiger partial charge in [-0.1, -0.05) is 19.0 Å². The number of hydrogen-bond acceptors (Lipinski definition) is 4. The average molecular weight is 221 g/mol. The number of aromatic nitrogens is 2. The van der Waals surface area contributed by atoms with Gasteiger partial charge in [0.25, 0.3) is 0 Å². The molecule has 0 N–H and O–H groups in total. The molecule has 3 heterocycles. The molecule has 88 valence electrons. The number of rotatable bonds is 2. The second kappa shape index (κ2) is 3.75. The first-order valence-electron chi connectivity index (χ1n) is 6.37. The van der Waals surface area contributed by atoms with Gasteiger partial charge in [0.15, 0.2) is 5.82 Å². The maximum Gasteiger partial charge on any atom is 0.324 e. The van der Waals surface area contributed by atoms with Crippen LogP contribution in [0.2, 0.25) is 0 Å². The number of fused-ring (bicyclic) bond motifs is 2. The SMILES string of the molecule is CC(C)c1noc(N2C3CCCC2CC3)n1. The summed E-state index contributed by atoms with van der Waals surface area (Å²) in [6.45, 7) is 4.19. The normalized spacial score (nSPS) is 29.1. The summed E-state index contributed by atoms with van der Waals surface area (Å²) >= 11 is 0. The van der Waals surface area contributed by atoms with Crippen molar-refractivity contribution in [2.45, 2.75) is 64.0 Å². The Morgan fingerprint density at radius 1 is 1.19 bits per heavy atom. The van der Waals surface area contributed by atoms with Crippen molar-refractivity contribution in [1.29, 1.82) is 0 Å². The Hall–Kier alpha value is -1.06. The van der Waals surface area contributed by atoms with Gasteiger partial charge < -0.3 is 9.42 Å². The number of hydrogen-bond donors (Lipinski definition) is 0. The fourth-order valence-corrected chi connectivity index (χ4v) is 3.00. The summed E-state index contributed by atoms with van der Waals surface area (Å²) in [5, 5.41) is 4.06. The van der Waals surface area contributed by atoms with Gasteiger partial charge in [-0.25, -0.2) is 0 Å². The molecule has 2 bridgehead atoms. The third kappa shape index (κ3) is 1.51.